The first kappa shape index (κ1) is 7.36. The molecule has 0 spiro atoms. The summed E-state index contributed by atoms with van der Waals surface area (Å²) in [6.45, 7) is 4.03. The zero-order valence-corrected chi connectivity index (χ0v) is 5.87. The Morgan fingerprint density at radius 2 is 2.29 bits per heavy atom. The van der Waals surface area contributed by atoms with Gasteiger partial charge in [-0.05, 0) is 6.42 Å². The lowest BCUT2D eigenvalue weighted by Crippen LogP contribution is -1.87. The van der Waals surface area contributed by atoms with Crippen LogP contribution in [-0.4, -0.2) is 5.66 Å². The van der Waals surface area contributed by atoms with Gasteiger partial charge in [0.2, 0.25) is 0 Å². The second-order valence-corrected chi connectivity index (χ2v) is 3.00. The molecule has 0 saturated heterocycles. The Balaban J connectivity index is 2.83. The highest BCUT2D eigenvalue weighted by Crippen LogP contribution is 2.22. The normalized spacial score (nSPS) is 15.9. The quantitative estimate of drug-likeness (QED) is 0.505. The monoisotopic (exact) mass is 122 g/mol. The van der Waals surface area contributed by atoms with Gasteiger partial charge in [-0.3, -0.25) is 0 Å². The molecular formula is C5H12FP. The first-order valence-corrected chi connectivity index (χ1v) is 3.63. The van der Waals surface area contributed by atoms with E-state index in [0.29, 0.717) is 5.66 Å². The van der Waals surface area contributed by atoms with Crippen LogP contribution in [0.15, 0.2) is 0 Å². The Bertz CT molecular complexity index is 39.1. The van der Waals surface area contributed by atoms with Crippen LogP contribution in [0.1, 0.15) is 26.7 Å². The average Bonchev–Trinajstić information content (AvgIpc) is 1.68. The molecule has 0 aromatic carbocycles. The van der Waals surface area contributed by atoms with Crippen molar-refractivity contribution in [2.24, 2.45) is 0 Å². The summed E-state index contributed by atoms with van der Waals surface area (Å²) in [7, 11) is -0.362. The van der Waals surface area contributed by atoms with Crippen molar-refractivity contribution < 1.29 is 4.20 Å². The molecule has 0 amide bonds. The third-order valence-electron chi connectivity index (χ3n) is 0.908. The van der Waals surface area contributed by atoms with E-state index in [1.807, 2.05) is 6.92 Å². The van der Waals surface area contributed by atoms with Gasteiger partial charge in [0.25, 0.3) is 0 Å². The highest BCUT2D eigenvalue weighted by Gasteiger charge is 1.95. The van der Waals surface area contributed by atoms with Crippen LogP contribution in [-0.2, 0) is 0 Å². The lowest BCUT2D eigenvalue weighted by molar-refractivity contribution is 0.753. The zero-order valence-electron chi connectivity index (χ0n) is 4.87. The van der Waals surface area contributed by atoms with Crippen molar-refractivity contribution >= 4 is 8.89 Å². The predicted molar refractivity (Wildman–Crippen MR) is 33.8 cm³/mol. The van der Waals surface area contributed by atoms with Gasteiger partial charge >= 0.3 is 0 Å². The SMILES string of the molecule is CCC[C@@H](C)PF. The molecule has 44 valence electrons. The van der Waals surface area contributed by atoms with E-state index in [9.17, 15) is 4.20 Å². The Hall–Kier alpha value is 0.360. The summed E-state index contributed by atoms with van der Waals surface area (Å²) in [6, 6.07) is 0. The zero-order chi connectivity index (χ0) is 5.70. The number of hydrogen-bond acceptors (Lipinski definition) is 0. The van der Waals surface area contributed by atoms with Crippen LogP contribution < -0.4 is 0 Å². The summed E-state index contributed by atoms with van der Waals surface area (Å²) >= 11 is 0. The summed E-state index contributed by atoms with van der Waals surface area (Å²) in [5, 5.41) is 0. The van der Waals surface area contributed by atoms with Gasteiger partial charge < -0.3 is 0 Å². The molecule has 0 saturated carbocycles. The Labute approximate surface area is 46.4 Å². The average molecular weight is 122 g/mol. The molecule has 0 aliphatic carbocycles. The highest BCUT2D eigenvalue weighted by molar-refractivity contribution is 7.32. The minimum absolute atomic E-state index is 0.310. The van der Waals surface area contributed by atoms with E-state index in [1.165, 1.54) is 0 Å². The van der Waals surface area contributed by atoms with Gasteiger partial charge in [0.1, 0.15) is 0 Å². The topological polar surface area (TPSA) is 0 Å². The van der Waals surface area contributed by atoms with E-state index in [1.54, 1.807) is 0 Å². The molecule has 0 aromatic rings. The molecule has 7 heavy (non-hydrogen) atoms. The van der Waals surface area contributed by atoms with Crippen LogP contribution in [0.5, 0.6) is 0 Å². The van der Waals surface area contributed by atoms with Crippen LogP contribution in [0.25, 0.3) is 0 Å². The molecule has 0 rings (SSSR count). The van der Waals surface area contributed by atoms with E-state index < -0.39 is 0 Å². The summed E-state index contributed by atoms with van der Waals surface area (Å²) in [4.78, 5) is 0. The first-order chi connectivity index (χ1) is 3.31. The minimum atomic E-state index is -0.362. The van der Waals surface area contributed by atoms with E-state index >= 15 is 0 Å². The highest BCUT2D eigenvalue weighted by atomic mass is 31.1. The van der Waals surface area contributed by atoms with Crippen LogP contribution in [0.4, 0.5) is 4.20 Å². The molecular weight excluding hydrogens is 110 g/mol. The lowest BCUT2D eigenvalue weighted by atomic mass is 10.3. The maximum absolute atomic E-state index is 11.6. The van der Waals surface area contributed by atoms with E-state index in [4.69, 9.17) is 0 Å². The van der Waals surface area contributed by atoms with Crippen LogP contribution in [0, 0.1) is 0 Å². The summed E-state index contributed by atoms with van der Waals surface area (Å²) in [5.41, 5.74) is 0.310. The molecule has 0 heterocycles. The van der Waals surface area contributed by atoms with Crippen molar-refractivity contribution in [3.63, 3.8) is 0 Å². The van der Waals surface area contributed by atoms with Gasteiger partial charge in [0.05, 0.1) is 8.89 Å². The maximum atomic E-state index is 11.6. The molecule has 2 heteroatoms. The molecule has 0 aliphatic heterocycles. The molecule has 2 atom stereocenters. The van der Waals surface area contributed by atoms with Gasteiger partial charge in [0.15, 0.2) is 0 Å². The van der Waals surface area contributed by atoms with Crippen LogP contribution in [0.2, 0.25) is 0 Å². The van der Waals surface area contributed by atoms with Crippen LogP contribution in [0.3, 0.4) is 0 Å². The lowest BCUT2D eigenvalue weighted by Gasteiger charge is -1.99. The Morgan fingerprint density at radius 1 is 1.71 bits per heavy atom. The third kappa shape index (κ3) is 4.21. The van der Waals surface area contributed by atoms with Gasteiger partial charge in [-0.25, -0.2) is 4.20 Å². The van der Waals surface area contributed by atoms with Crippen molar-refractivity contribution in [1.82, 2.24) is 0 Å². The third-order valence-corrected chi connectivity index (χ3v) is 1.57. The number of halogens is 1. The number of hydrogen-bond donors (Lipinski definition) is 0. The van der Waals surface area contributed by atoms with Gasteiger partial charge in [-0.1, -0.05) is 20.3 Å². The molecule has 0 nitrogen and oxygen atoms in total. The smallest absolute Gasteiger partial charge is 0.0699 e. The molecule has 0 bridgehead atoms. The van der Waals surface area contributed by atoms with Crippen molar-refractivity contribution in [3.8, 4) is 0 Å². The maximum Gasteiger partial charge on any atom is 0.0699 e. The van der Waals surface area contributed by atoms with Gasteiger partial charge in [-0.2, -0.15) is 0 Å². The summed E-state index contributed by atoms with van der Waals surface area (Å²) in [5.74, 6) is 0. The van der Waals surface area contributed by atoms with E-state index in [0.717, 1.165) is 12.8 Å². The predicted octanol–water partition coefficient (Wildman–Crippen LogP) is 2.74. The largest absolute Gasteiger partial charge is 0.230 e. The summed E-state index contributed by atoms with van der Waals surface area (Å²) in [6.07, 6.45) is 2.15. The molecule has 0 radical (unpaired) electrons. The van der Waals surface area contributed by atoms with Gasteiger partial charge in [0, 0.05) is 5.66 Å². The van der Waals surface area contributed by atoms with Crippen molar-refractivity contribution in [1.29, 1.82) is 0 Å². The van der Waals surface area contributed by atoms with Crippen LogP contribution >= 0.6 is 8.89 Å². The summed E-state index contributed by atoms with van der Waals surface area (Å²) < 4.78 is 11.6. The first-order valence-electron chi connectivity index (χ1n) is 2.67. The Morgan fingerprint density at radius 3 is 2.43 bits per heavy atom. The fourth-order valence-corrected chi connectivity index (χ4v) is 0.885. The molecule has 0 aromatic heterocycles. The van der Waals surface area contributed by atoms with Crippen molar-refractivity contribution in [2.75, 3.05) is 0 Å². The molecule has 0 aliphatic rings. The standard InChI is InChI=1S/C5H12FP/c1-3-4-5(2)7-6/h5,7H,3-4H2,1-2H3/t5-/m1/s1. The second-order valence-electron chi connectivity index (χ2n) is 1.80. The van der Waals surface area contributed by atoms with Gasteiger partial charge in [-0.15, -0.1) is 0 Å². The van der Waals surface area contributed by atoms with Crippen molar-refractivity contribution in [3.05, 3.63) is 0 Å². The van der Waals surface area contributed by atoms with Crippen molar-refractivity contribution in [2.45, 2.75) is 32.3 Å². The fraction of sp³-hybridized carbons (Fsp3) is 1.00. The molecule has 0 fully saturated rings. The fourth-order valence-electron chi connectivity index (χ4n) is 0.488. The van der Waals surface area contributed by atoms with E-state index in [-0.39, 0.29) is 8.89 Å². The second kappa shape index (κ2) is 4.52. The minimum Gasteiger partial charge on any atom is -0.230 e. The Kier molecular flexibility index (Phi) is 4.75. The number of rotatable bonds is 3. The van der Waals surface area contributed by atoms with E-state index in [2.05, 4.69) is 6.92 Å². The molecule has 1 unspecified atom stereocenters. The molecule has 0 N–H and O–H groups in total.